The average molecular weight is 879 g/mol. The molecule has 1 atom stereocenters. The Kier molecular flexibility index (Phi) is 48.9. The molecule has 0 aliphatic carbocycles. The van der Waals surface area contributed by atoms with E-state index in [0.29, 0.717) is 19.3 Å². The van der Waals surface area contributed by atoms with Crippen molar-refractivity contribution < 1.29 is 28.6 Å². The molecule has 0 fully saturated rings. The second-order valence-corrected chi connectivity index (χ2v) is 17.4. The van der Waals surface area contributed by atoms with Crippen LogP contribution in [0.3, 0.4) is 0 Å². The fourth-order valence-corrected chi connectivity index (χ4v) is 7.16. The van der Waals surface area contributed by atoms with Gasteiger partial charge in [-0.3, -0.25) is 14.4 Å². The maximum absolute atomic E-state index is 12.8. The van der Waals surface area contributed by atoms with Crippen molar-refractivity contribution in [3.8, 4) is 0 Å². The van der Waals surface area contributed by atoms with Gasteiger partial charge < -0.3 is 14.2 Å². The predicted octanol–water partition coefficient (Wildman–Crippen LogP) is 17.4. The molecule has 0 spiro atoms. The molecule has 0 rings (SSSR count). The summed E-state index contributed by atoms with van der Waals surface area (Å²) < 4.78 is 16.8. The Hall–Kier alpha value is -3.15. The highest BCUT2D eigenvalue weighted by molar-refractivity contribution is 5.71. The summed E-state index contributed by atoms with van der Waals surface area (Å²) in [6.45, 7) is 6.53. The van der Waals surface area contributed by atoms with Gasteiger partial charge in [-0.25, -0.2) is 0 Å². The highest BCUT2D eigenvalue weighted by Gasteiger charge is 2.19. The summed E-state index contributed by atoms with van der Waals surface area (Å²) in [4.78, 5) is 38.0. The van der Waals surface area contributed by atoms with Crippen molar-refractivity contribution in [3.63, 3.8) is 0 Å². The van der Waals surface area contributed by atoms with Gasteiger partial charge in [0.25, 0.3) is 0 Å². The lowest BCUT2D eigenvalue weighted by Crippen LogP contribution is -2.30. The standard InChI is InChI=1S/C57H98O6/c1-4-7-10-13-16-19-22-25-27-28-30-32-35-38-41-44-47-50-56(59)62-53-54(52-61-55(58)49-46-43-40-37-34-31-24-21-18-15-12-9-6-3)63-57(60)51-48-45-42-39-36-33-29-26-23-20-17-14-11-8-5-2/h16-17,19-20,25-27,29-30,32,36,39,54H,4-15,18,21-24,28,31,33-35,37-38,40-53H2,1-3H3/b19-16-,20-17-,27-25-,29-26-,32-30-,39-36-/t54-/m1/s1. The summed E-state index contributed by atoms with van der Waals surface area (Å²) in [5.74, 6) is -0.954. The van der Waals surface area contributed by atoms with Gasteiger partial charge in [0.1, 0.15) is 13.2 Å². The monoisotopic (exact) mass is 879 g/mol. The predicted molar refractivity (Wildman–Crippen MR) is 270 cm³/mol. The molecule has 0 aromatic rings. The zero-order valence-corrected chi connectivity index (χ0v) is 41.3. The maximum atomic E-state index is 12.8. The first-order valence-electron chi connectivity index (χ1n) is 26.4. The quantitative estimate of drug-likeness (QED) is 0.0262. The van der Waals surface area contributed by atoms with Gasteiger partial charge in [0, 0.05) is 19.3 Å². The lowest BCUT2D eigenvalue weighted by molar-refractivity contribution is -0.167. The number of ether oxygens (including phenoxy) is 3. The molecule has 6 heteroatoms. The molecule has 6 nitrogen and oxygen atoms in total. The molecular weight excluding hydrogens is 781 g/mol. The fourth-order valence-electron chi connectivity index (χ4n) is 7.16. The van der Waals surface area contributed by atoms with E-state index < -0.39 is 6.10 Å². The van der Waals surface area contributed by atoms with Crippen molar-refractivity contribution in [2.24, 2.45) is 0 Å². The smallest absolute Gasteiger partial charge is 0.306 e. The van der Waals surface area contributed by atoms with E-state index in [1.807, 2.05) is 0 Å². The second kappa shape index (κ2) is 51.5. The Bertz CT molecular complexity index is 1190. The summed E-state index contributed by atoms with van der Waals surface area (Å²) >= 11 is 0. The molecule has 0 saturated carbocycles. The number of esters is 3. The van der Waals surface area contributed by atoms with Crippen molar-refractivity contribution in [3.05, 3.63) is 72.9 Å². The van der Waals surface area contributed by atoms with Crippen molar-refractivity contribution in [1.29, 1.82) is 0 Å². The van der Waals surface area contributed by atoms with E-state index in [2.05, 4.69) is 93.7 Å². The Balaban J connectivity index is 4.48. The zero-order chi connectivity index (χ0) is 45.8. The van der Waals surface area contributed by atoms with Crippen LogP contribution >= 0.6 is 0 Å². The third-order valence-electron chi connectivity index (χ3n) is 11.2. The number of carbonyl (C=O) groups is 3. The summed E-state index contributed by atoms with van der Waals surface area (Å²) in [6.07, 6.45) is 64.5. The first-order valence-corrected chi connectivity index (χ1v) is 26.4. The molecule has 63 heavy (non-hydrogen) atoms. The van der Waals surface area contributed by atoms with E-state index in [1.54, 1.807) is 0 Å². The second-order valence-electron chi connectivity index (χ2n) is 17.4. The molecule has 0 aromatic heterocycles. The minimum atomic E-state index is -0.802. The molecule has 0 amide bonds. The molecule has 0 saturated heterocycles. The van der Waals surface area contributed by atoms with E-state index in [1.165, 1.54) is 116 Å². The number of carbonyl (C=O) groups excluding carboxylic acids is 3. The van der Waals surface area contributed by atoms with E-state index >= 15 is 0 Å². The minimum Gasteiger partial charge on any atom is -0.462 e. The molecule has 362 valence electrons. The lowest BCUT2D eigenvalue weighted by Gasteiger charge is -2.18. The van der Waals surface area contributed by atoms with Crippen molar-refractivity contribution >= 4 is 17.9 Å². The van der Waals surface area contributed by atoms with E-state index in [4.69, 9.17) is 14.2 Å². The van der Waals surface area contributed by atoms with Gasteiger partial charge in [0.2, 0.25) is 0 Å². The summed E-state index contributed by atoms with van der Waals surface area (Å²) in [6, 6.07) is 0. The Morgan fingerprint density at radius 2 is 0.571 bits per heavy atom. The van der Waals surface area contributed by atoms with Crippen LogP contribution in [0.4, 0.5) is 0 Å². The topological polar surface area (TPSA) is 78.9 Å². The van der Waals surface area contributed by atoms with Gasteiger partial charge in [-0.15, -0.1) is 0 Å². The molecule has 0 aromatic carbocycles. The molecule has 0 N–H and O–H groups in total. The van der Waals surface area contributed by atoms with Crippen LogP contribution in [0.2, 0.25) is 0 Å². The van der Waals surface area contributed by atoms with Crippen molar-refractivity contribution in [1.82, 2.24) is 0 Å². The van der Waals surface area contributed by atoms with Gasteiger partial charge in [-0.2, -0.15) is 0 Å². The van der Waals surface area contributed by atoms with Crippen LogP contribution in [0.15, 0.2) is 72.9 Å². The van der Waals surface area contributed by atoms with E-state index in [0.717, 1.165) is 89.9 Å². The number of hydrogen-bond donors (Lipinski definition) is 0. The fraction of sp³-hybridized carbons (Fsp3) is 0.737. The summed E-state index contributed by atoms with van der Waals surface area (Å²) in [5.41, 5.74) is 0. The SMILES string of the molecule is CCCCC/C=C\C/C=C\C/C=C\CCCCCCC(=O)OC[C@@H](COC(=O)CCCCCCCCCCCCCCC)OC(=O)CCCC/C=C\C/C=C\C/C=C\CCCCC. The Labute approximate surface area is 389 Å². The van der Waals surface area contributed by atoms with Gasteiger partial charge in [-0.1, -0.05) is 209 Å². The van der Waals surface area contributed by atoms with Gasteiger partial charge >= 0.3 is 17.9 Å². The van der Waals surface area contributed by atoms with Gasteiger partial charge in [0.05, 0.1) is 0 Å². The summed E-state index contributed by atoms with van der Waals surface area (Å²) in [5, 5.41) is 0. The molecule has 0 bridgehead atoms. The normalized spacial score (nSPS) is 12.6. The Morgan fingerprint density at radius 1 is 0.317 bits per heavy atom. The first-order chi connectivity index (χ1) is 31.0. The largest absolute Gasteiger partial charge is 0.462 e. The van der Waals surface area contributed by atoms with Crippen LogP contribution in [-0.4, -0.2) is 37.2 Å². The summed E-state index contributed by atoms with van der Waals surface area (Å²) in [7, 11) is 0. The van der Waals surface area contributed by atoms with Gasteiger partial charge in [0.15, 0.2) is 6.10 Å². The highest BCUT2D eigenvalue weighted by atomic mass is 16.6. The number of allylic oxidation sites excluding steroid dienone is 12. The van der Waals surface area contributed by atoms with Crippen LogP contribution in [0.25, 0.3) is 0 Å². The van der Waals surface area contributed by atoms with Crippen LogP contribution in [0, 0.1) is 0 Å². The number of rotatable bonds is 47. The van der Waals surface area contributed by atoms with Crippen molar-refractivity contribution in [2.45, 2.75) is 258 Å². The van der Waals surface area contributed by atoms with Gasteiger partial charge in [-0.05, 0) is 96.3 Å². The highest BCUT2D eigenvalue weighted by Crippen LogP contribution is 2.14. The minimum absolute atomic E-state index is 0.0965. The molecule has 0 radical (unpaired) electrons. The lowest BCUT2D eigenvalue weighted by atomic mass is 10.0. The van der Waals surface area contributed by atoms with Crippen LogP contribution in [0.1, 0.15) is 252 Å². The van der Waals surface area contributed by atoms with Crippen LogP contribution in [0.5, 0.6) is 0 Å². The van der Waals surface area contributed by atoms with E-state index in [-0.39, 0.29) is 37.5 Å². The maximum Gasteiger partial charge on any atom is 0.306 e. The Morgan fingerprint density at radius 3 is 0.952 bits per heavy atom. The average Bonchev–Trinajstić information content (AvgIpc) is 3.28. The molecule has 0 heterocycles. The van der Waals surface area contributed by atoms with E-state index in [9.17, 15) is 14.4 Å². The zero-order valence-electron chi connectivity index (χ0n) is 41.3. The van der Waals surface area contributed by atoms with Crippen LogP contribution < -0.4 is 0 Å². The number of hydrogen-bond acceptors (Lipinski definition) is 6. The van der Waals surface area contributed by atoms with Crippen LogP contribution in [-0.2, 0) is 28.6 Å². The van der Waals surface area contributed by atoms with Crippen molar-refractivity contribution in [2.75, 3.05) is 13.2 Å². The third kappa shape index (κ3) is 49.7. The molecule has 0 unspecified atom stereocenters. The molecular formula is C57H98O6. The number of unbranched alkanes of at least 4 members (excludes halogenated alkanes) is 24. The first kappa shape index (κ1) is 59.9. The molecule has 0 aliphatic rings. The third-order valence-corrected chi connectivity index (χ3v) is 11.2. The molecule has 0 aliphatic heterocycles.